The number of rotatable bonds is 3. The first-order valence-electron chi connectivity index (χ1n) is 6.80. The summed E-state index contributed by atoms with van der Waals surface area (Å²) in [6.07, 6.45) is -0.927. The van der Waals surface area contributed by atoms with Gasteiger partial charge >= 0.3 is 0 Å². The van der Waals surface area contributed by atoms with Crippen LogP contribution in [0, 0.1) is 44.1 Å². The molecule has 0 saturated carbocycles. The maximum Gasteiger partial charge on any atom is 0.255 e. The molecule has 1 radical (unpaired) electrons. The van der Waals surface area contributed by atoms with E-state index in [-0.39, 0.29) is 62.1 Å². The second kappa shape index (κ2) is 7.05. The van der Waals surface area contributed by atoms with Crippen LogP contribution in [-0.2, 0) is 4.79 Å². The van der Waals surface area contributed by atoms with Gasteiger partial charge in [-0.25, -0.2) is 0 Å². The predicted octanol–water partition coefficient (Wildman–Crippen LogP) is 2.69. The Bertz CT molecular complexity index is 603. The normalized spacial score (nSPS) is 22.2. The Hall–Kier alpha value is -0.688. The van der Waals surface area contributed by atoms with E-state index in [0.717, 1.165) is 11.1 Å². The number of aliphatic hydroxyl groups excluding tert-OH is 1. The molecule has 1 N–H and O–H groups in total. The van der Waals surface area contributed by atoms with Gasteiger partial charge < -0.3 is 10.0 Å². The number of carbonyl (C=O) groups is 1. The number of benzene rings is 2. The number of nitrogens with zero attached hydrogens (tertiary/aromatic N) is 1. The minimum absolute atomic E-state index is 0. The largest absolute Gasteiger partial charge is 0.381 e. The van der Waals surface area contributed by atoms with Crippen molar-refractivity contribution in [3.05, 3.63) is 71.8 Å². The molecular formula is C17H17AcNO2. The van der Waals surface area contributed by atoms with Gasteiger partial charge in [0.2, 0.25) is 0 Å². The Balaban J connectivity index is 0.00000161. The van der Waals surface area contributed by atoms with Crippen LogP contribution in [0.2, 0.25) is 0 Å². The number of hydrogen-bond acceptors (Lipinski definition) is 2. The van der Waals surface area contributed by atoms with Gasteiger partial charge in [0.05, 0.1) is 12.1 Å². The molecule has 0 aromatic heterocycles. The van der Waals surface area contributed by atoms with Crippen LogP contribution in [-0.4, -0.2) is 22.0 Å². The number of amides is 1. The van der Waals surface area contributed by atoms with Crippen LogP contribution in [0.15, 0.2) is 60.7 Å². The molecule has 105 valence electrons. The molecule has 3 rings (SSSR count). The molecule has 3 unspecified atom stereocenters. The van der Waals surface area contributed by atoms with Crippen molar-refractivity contribution in [1.29, 1.82) is 0 Å². The van der Waals surface area contributed by atoms with E-state index in [1.807, 2.05) is 67.6 Å². The van der Waals surface area contributed by atoms with Gasteiger partial charge in [0.15, 0.2) is 6.10 Å². The topological polar surface area (TPSA) is 40.5 Å². The van der Waals surface area contributed by atoms with E-state index < -0.39 is 6.10 Å². The predicted molar refractivity (Wildman–Crippen MR) is 76.9 cm³/mol. The summed E-state index contributed by atoms with van der Waals surface area (Å²) in [4.78, 5) is 13.8. The van der Waals surface area contributed by atoms with Crippen molar-refractivity contribution >= 4 is 5.91 Å². The third kappa shape index (κ3) is 3.09. The van der Waals surface area contributed by atoms with E-state index in [9.17, 15) is 9.90 Å². The summed E-state index contributed by atoms with van der Waals surface area (Å²) in [5.41, 5.74) is 2.05. The van der Waals surface area contributed by atoms with E-state index in [2.05, 4.69) is 0 Å². The zero-order valence-corrected chi connectivity index (χ0v) is 16.6. The van der Waals surface area contributed by atoms with E-state index >= 15 is 0 Å². The molecule has 1 amide bonds. The van der Waals surface area contributed by atoms with E-state index in [0.29, 0.717) is 0 Å². The molecule has 3 nitrogen and oxygen atoms in total. The summed E-state index contributed by atoms with van der Waals surface area (Å²) in [6.45, 7) is 2.00. The summed E-state index contributed by atoms with van der Waals surface area (Å²) in [7, 11) is 0. The van der Waals surface area contributed by atoms with Crippen molar-refractivity contribution in [1.82, 2.24) is 4.90 Å². The Morgan fingerprint density at radius 3 is 2.10 bits per heavy atom. The minimum atomic E-state index is -0.927. The number of aliphatic hydroxyl groups is 1. The van der Waals surface area contributed by atoms with E-state index in [4.69, 9.17) is 0 Å². The number of hydrogen-bond donors (Lipinski definition) is 1. The second-order valence-corrected chi connectivity index (χ2v) is 5.13. The smallest absolute Gasteiger partial charge is 0.255 e. The number of β-lactam (4-membered cyclic amide) rings is 1. The standard InChI is InChI=1S/C17H17NO2.Ac/c1-12(13-8-4-2-5-9-13)18-15(16(19)17(18)20)14-10-6-3-7-11-14;/h2-12,15-16,19H,1H3;. The molecule has 2 aromatic carbocycles. The first-order chi connectivity index (χ1) is 9.70. The van der Waals surface area contributed by atoms with Gasteiger partial charge in [-0.3, -0.25) is 4.79 Å². The van der Waals surface area contributed by atoms with Crippen molar-refractivity contribution in [3.63, 3.8) is 0 Å². The fourth-order valence-corrected chi connectivity index (χ4v) is 2.81. The average Bonchev–Trinajstić information content (AvgIpc) is 2.52. The fraction of sp³-hybridized carbons (Fsp3) is 0.235. The molecule has 0 bridgehead atoms. The number of carbonyl (C=O) groups excluding carboxylic acids is 1. The molecule has 1 aliphatic heterocycles. The third-order valence-electron chi connectivity index (χ3n) is 3.95. The zero-order chi connectivity index (χ0) is 14.1. The molecule has 1 saturated heterocycles. The van der Waals surface area contributed by atoms with Crippen LogP contribution in [0.25, 0.3) is 0 Å². The molecule has 3 atom stereocenters. The average molecular weight is 494 g/mol. The van der Waals surface area contributed by atoms with Gasteiger partial charge in [0.25, 0.3) is 5.91 Å². The van der Waals surface area contributed by atoms with Crippen molar-refractivity contribution < 1.29 is 54.0 Å². The molecule has 1 fully saturated rings. The summed E-state index contributed by atoms with van der Waals surface area (Å²) >= 11 is 0. The number of likely N-dealkylation sites (tertiary alicyclic amines) is 1. The SMILES string of the molecule is CC(c1ccccc1)N1C(=O)C(O)C1c1ccccc1.[Ac]. The Kier molecular flexibility index (Phi) is 5.60. The molecular weight excluding hydrogens is 477 g/mol. The molecule has 2 aromatic rings. The van der Waals surface area contributed by atoms with Crippen molar-refractivity contribution in [2.45, 2.75) is 25.1 Å². The molecule has 0 aliphatic carbocycles. The molecule has 21 heavy (non-hydrogen) atoms. The third-order valence-corrected chi connectivity index (χ3v) is 3.95. The Labute approximate surface area is 160 Å². The molecule has 4 heteroatoms. The maximum absolute atomic E-state index is 12.0. The van der Waals surface area contributed by atoms with Gasteiger partial charge in [0, 0.05) is 44.1 Å². The molecule has 0 spiro atoms. The van der Waals surface area contributed by atoms with Crippen molar-refractivity contribution in [2.24, 2.45) is 0 Å². The van der Waals surface area contributed by atoms with Crippen LogP contribution in [0.1, 0.15) is 30.1 Å². The summed E-state index contributed by atoms with van der Waals surface area (Å²) in [5.74, 6) is -0.199. The van der Waals surface area contributed by atoms with Crippen LogP contribution in [0.3, 0.4) is 0 Å². The van der Waals surface area contributed by atoms with E-state index in [1.165, 1.54) is 0 Å². The van der Waals surface area contributed by atoms with Crippen LogP contribution in [0.5, 0.6) is 0 Å². The van der Waals surface area contributed by atoms with Gasteiger partial charge in [-0.2, -0.15) is 0 Å². The summed E-state index contributed by atoms with van der Waals surface area (Å²) in [5, 5.41) is 10.0. The monoisotopic (exact) mass is 494 g/mol. The van der Waals surface area contributed by atoms with Gasteiger partial charge in [-0.1, -0.05) is 60.7 Å². The van der Waals surface area contributed by atoms with Crippen LogP contribution >= 0.6 is 0 Å². The van der Waals surface area contributed by atoms with Gasteiger partial charge in [-0.05, 0) is 18.1 Å². The zero-order valence-electron chi connectivity index (χ0n) is 11.9. The minimum Gasteiger partial charge on any atom is -0.381 e. The molecule has 1 heterocycles. The fourth-order valence-electron chi connectivity index (χ4n) is 2.81. The van der Waals surface area contributed by atoms with Crippen LogP contribution in [0.4, 0.5) is 0 Å². The van der Waals surface area contributed by atoms with Gasteiger partial charge in [0.1, 0.15) is 0 Å². The van der Waals surface area contributed by atoms with Gasteiger partial charge in [-0.15, -0.1) is 0 Å². The van der Waals surface area contributed by atoms with Crippen molar-refractivity contribution in [3.8, 4) is 0 Å². The van der Waals surface area contributed by atoms with Crippen molar-refractivity contribution in [2.75, 3.05) is 0 Å². The molecule has 1 aliphatic rings. The first kappa shape index (κ1) is 16.7. The quantitative estimate of drug-likeness (QED) is 0.667. The first-order valence-corrected chi connectivity index (χ1v) is 6.80. The summed E-state index contributed by atoms with van der Waals surface area (Å²) in [6, 6.07) is 19.3. The Morgan fingerprint density at radius 1 is 1.00 bits per heavy atom. The summed E-state index contributed by atoms with van der Waals surface area (Å²) < 4.78 is 0. The maximum atomic E-state index is 12.0. The van der Waals surface area contributed by atoms with E-state index in [1.54, 1.807) is 4.90 Å². The Morgan fingerprint density at radius 2 is 1.52 bits per heavy atom. The van der Waals surface area contributed by atoms with Crippen LogP contribution < -0.4 is 0 Å². The second-order valence-electron chi connectivity index (χ2n) is 5.13.